The Hall–Kier alpha value is -3.98. The number of nitrogens with zero attached hydrogens (tertiary/aromatic N) is 4. The molecule has 0 unspecified atom stereocenters. The fourth-order valence-electron chi connectivity index (χ4n) is 4.51. The summed E-state index contributed by atoms with van der Waals surface area (Å²) in [5, 5.41) is 0.746. The summed E-state index contributed by atoms with van der Waals surface area (Å²) in [7, 11) is -3.85. The van der Waals surface area contributed by atoms with Crippen molar-refractivity contribution in [1.29, 1.82) is 0 Å². The van der Waals surface area contributed by atoms with E-state index in [2.05, 4.69) is 32.6 Å². The summed E-state index contributed by atoms with van der Waals surface area (Å²) in [4.78, 5) is 26.0. The van der Waals surface area contributed by atoms with Gasteiger partial charge >= 0.3 is 0 Å². The van der Waals surface area contributed by atoms with Crippen molar-refractivity contribution in [2.24, 2.45) is 0 Å². The van der Waals surface area contributed by atoms with Crippen LogP contribution in [-0.4, -0.2) is 55.4 Å². The number of pyridine rings is 2. The Morgan fingerprint density at radius 2 is 1.58 bits per heavy atom. The Morgan fingerprint density at radius 3 is 2.33 bits per heavy atom. The van der Waals surface area contributed by atoms with Gasteiger partial charge in [-0.2, -0.15) is 0 Å². The number of hydrogen-bond acceptors (Lipinski definition) is 6. The van der Waals surface area contributed by atoms with Gasteiger partial charge in [-0.25, -0.2) is 8.42 Å². The highest BCUT2D eigenvalue weighted by atomic mass is 32.2. The van der Waals surface area contributed by atoms with E-state index in [-0.39, 0.29) is 10.8 Å². The molecule has 9 heteroatoms. The van der Waals surface area contributed by atoms with E-state index in [1.807, 2.05) is 29.3 Å². The number of para-hydroxylation sites is 1. The number of hydrogen-bond donors (Lipinski definition) is 1. The van der Waals surface area contributed by atoms with E-state index in [9.17, 15) is 13.2 Å². The lowest BCUT2D eigenvalue weighted by molar-refractivity contribution is 0.0746. The summed E-state index contributed by atoms with van der Waals surface area (Å²) in [6.07, 6.45) is 4.24. The third-order valence-corrected chi connectivity index (χ3v) is 7.79. The van der Waals surface area contributed by atoms with E-state index in [1.165, 1.54) is 6.07 Å². The molecule has 0 saturated carbocycles. The molecule has 8 nitrogen and oxygen atoms in total. The normalized spacial score (nSPS) is 14.1. The van der Waals surface area contributed by atoms with Crippen LogP contribution in [0.5, 0.6) is 0 Å². The van der Waals surface area contributed by atoms with Crippen molar-refractivity contribution in [3.63, 3.8) is 0 Å². The van der Waals surface area contributed by atoms with Gasteiger partial charge < -0.3 is 9.80 Å². The number of sulfonamides is 1. The minimum absolute atomic E-state index is 0.0655. The van der Waals surface area contributed by atoms with Crippen LogP contribution in [0.3, 0.4) is 0 Å². The first-order valence-corrected chi connectivity index (χ1v) is 13.4. The van der Waals surface area contributed by atoms with E-state index in [0.717, 1.165) is 36.3 Å². The number of anilines is 2. The molecule has 0 atom stereocenters. The van der Waals surface area contributed by atoms with Crippen LogP contribution in [0.15, 0.2) is 84.0 Å². The van der Waals surface area contributed by atoms with Gasteiger partial charge in [-0.1, -0.05) is 25.1 Å². The summed E-state index contributed by atoms with van der Waals surface area (Å²) in [5.41, 5.74) is 3.51. The van der Waals surface area contributed by atoms with E-state index in [4.69, 9.17) is 0 Å². The SMILES string of the molecule is CCc1ncccc1N1CCN(C(=O)c2ccc(NS(=O)(=O)c3cccc4cccnc34)cc2)CC1. The monoisotopic (exact) mass is 501 g/mol. The van der Waals surface area contributed by atoms with Gasteiger partial charge in [-0.15, -0.1) is 0 Å². The van der Waals surface area contributed by atoms with E-state index >= 15 is 0 Å². The van der Waals surface area contributed by atoms with Gasteiger partial charge in [0.05, 0.1) is 16.9 Å². The molecule has 1 aliphatic heterocycles. The second-order valence-corrected chi connectivity index (χ2v) is 10.3. The van der Waals surface area contributed by atoms with Crippen molar-refractivity contribution in [3.8, 4) is 0 Å². The average molecular weight is 502 g/mol. The highest BCUT2D eigenvalue weighted by Crippen LogP contribution is 2.24. The summed E-state index contributed by atoms with van der Waals surface area (Å²) < 4.78 is 28.7. The lowest BCUT2D eigenvalue weighted by Gasteiger charge is -2.36. The Morgan fingerprint density at radius 1 is 0.889 bits per heavy atom. The molecule has 5 rings (SSSR count). The number of carbonyl (C=O) groups is 1. The third-order valence-electron chi connectivity index (χ3n) is 6.38. The van der Waals surface area contributed by atoms with Gasteiger partial charge in [0, 0.05) is 55.2 Å². The minimum Gasteiger partial charge on any atom is -0.367 e. The van der Waals surface area contributed by atoms with Gasteiger partial charge in [0.2, 0.25) is 0 Å². The molecule has 184 valence electrons. The van der Waals surface area contributed by atoms with Crippen molar-refractivity contribution in [2.45, 2.75) is 18.2 Å². The van der Waals surface area contributed by atoms with Crippen LogP contribution in [0.2, 0.25) is 0 Å². The number of rotatable bonds is 6. The first-order valence-electron chi connectivity index (χ1n) is 11.9. The number of aromatic nitrogens is 2. The average Bonchev–Trinajstić information content (AvgIpc) is 2.92. The third kappa shape index (κ3) is 4.74. The van der Waals surface area contributed by atoms with E-state index in [1.54, 1.807) is 42.6 Å². The quantitative estimate of drug-likeness (QED) is 0.430. The van der Waals surface area contributed by atoms with Crippen molar-refractivity contribution < 1.29 is 13.2 Å². The molecular formula is C27H27N5O3S. The molecule has 1 fully saturated rings. The summed E-state index contributed by atoms with van der Waals surface area (Å²) in [6, 6.07) is 19.2. The maximum atomic E-state index is 13.1. The standard InChI is InChI=1S/C27H27N5O3S/c1-2-23-24(8-5-14-28-23)31-16-18-32(19-17-31)27(33)21-10-12-22(13-11-21)30-36(34,35)25-9-3-6-20-7-4-15-29-26(20)25/h3-15,30H,2,16-19H2,1H3. The molecule has 4 aromatic rings. The number of piperazine rings is 1. The fraction of sp³-hybridized carbons (Fsp3) is 0.222. The topological polar surface area (TPSA) is 95.5 Å². The maximum absolute atomic E-state index is 13.1. The second kappa shape index (κ2) is 9.94. The first-order chi connectivity index (χ1) is 17.5. The highest BCUT2D eigenvalue weighted by molar-refractivity contribution is 7.93. The van der Waals surface area contributed by atoms with Crippen LogP contribution in [0.1, 0.15) is 23.0 Å². The van der Waals surface area contributed by atoms with E-state index in [0.29, 0.717) is 29.9 Å². The molecule has 0 aliphatic carbocycles. The Kier molecular flexibility index (Phi) is 6.56. The lowest BCUT2D eigenvalue weighted by atomic mass is 10.1. The smallest absolute Gasteiger partial charge is 0.264 e. The van der Waals surface area contributed by atoms with Gasteiger partial charge in [0.1, 0.15) is 4.90 Å². The summed E-state index contributed by atoms with van der Waals surface area (Å²) in [6.45, 7) is 4.79. The second-order valence-electron chi connectivity index (χ2n) is 8.62. The summed E-state index contributed by atoms with van der Waals surface area (Å²) in [5.74, 6) is -0.0655. The van der Waals surface area contributed by atoms with Crippen LogP contribution in [0.4, 0.5) is 11.4 Å². The molecule has 3 heterocycles. The zero-order valence-electron chi connectivity index (χ0n) is 20.0. The number of benzene rings is 2. The number of fused-ring (bicyclic) bond motifs is 1. The number of carbonyl (C=O) groups excluding carboxylic acids is 1. The number of amides is 1. The van der Waals surface area contributed by atoms with Crippen LogP contribution >= 0.6 is 0 Å². The zero-order chi connectivity index (χ0) is 25.1. The molecule has 1 aliphatic rings. The molecule has 0 bridgehead atoms. The summed E-state index contributed by atoms with van der Waals surface area (Å²) >= 11 is 0. The van der Waals surface area contributed by atoms with Gasteiger partial charge in [0.15, 0.2) is 0 Å². The van der Waals surface area contributed by atoms with Gasteiger partial charge in [0.25, 0.3) is 15.9 Å². The van der Waals surface area contributed by atoms with Crippen LogP contribution in [-0.2, 0) is 16.4 Å². The minimum atomic E-state index is -3.85. The first kappa shape index (κ1) is 23.7. The van der Waals surface area contributed by atoms with Crippen molar-refractivity contribution in [3.05, 3.63) is 90.4 Å². The van der Waals surface area contributed by atoms with Crippen molar-refractivity contribution in [1.82, 2.24) is 14.9 Å². The van der Waals surface area contributed by atoms with Gasteiger partial charge in [-0.3, -0.25) is 19.5 Å². The predicted molar refractivity (Wildman–Crippen MR) is 141 cm³/mol. The molecule has 36 heavy (non-hydrogen) atoms. The molecule has 1 N–H and O–H groups in total. The van der Waals surface area contributed by atoms with Crippen LogP contribution in [0, 0.1) is 0 Å². The molecule has 1 amide bonds. The lowest BCUT2D eigenvalue weighted by Crippen LogP contribution is -2.49. The largest absolute Gasteiger partial charge is 0.367 e. The van der Waals surface area contributed by atoms with Crippen LogP contribution < -0.4 is 9.62 Å². The van der Waals surface area contributed by atoms with Crippen LogP contribution in [0.25, 0.3) is 10.9 Å². The highest BCUT2D eigenvalue weighted by Gasteiger charge is 2.24. The maximum Gasteiger partial charge on any atom is 0.264 e. The predicted octanol–water partition coefficient (Wildman–Crippen LogP) is 3.96. The molecular weight excluding hydrogens is 474 g/mol. The van der Waals surface area contributed by atoms with Gasteiger partial charge in [-0.05, 0) is 55.0 Å². The van der Waals surface area contributed by atoms with E-state index < -0.39 is 10.0 Å². The zero-order valence-corrected chi connectivity index (χ0v) is 20.8. The Labute approximate surface area is 210 Å². The molecule has 2 aromatic carbocycles. The number of aryl methyl sites for hydroxylation is 1. The molecule has 2 aromatic heterocycles. The fourth-order valence-corrected chi connectivity index (χ4v) is 5.75. The number of nitrogens with one attached hydrogen (secondary N) is 1. The molecule has 1 saturated heterocycles. The Bertz CT molecular complexity index is 1490. The van der Waals surface area contributed by atoms with Crippen molar-refractivity contribution >= 4 is 38.2 Å². The Balaban J connectivity index is 1.25. The van der Waals surface area contributed by atoms with Crippen molar-refractivity contribution in [2.75, 3.05) is 35.8 Å². The molecule has 0 radical (unpaired) electrons. The molecule has 0 spiro atoms.